The molecule has 0 rings (SSSR count). The number of nitrogens with zero attached hydrogens (tertiary/aromatic N) is 2. The molecule has 0 fully saturated rings. The predicted octanol–water partition coefficient (Wildman–Crippen LogP) is -7.57. The van der Waals surface area contributed by atoms with Gasteiger partial charge in [0.2, 0.25) is 0 Å². The smallest absolute Gasteiger partial charge is 1.00 e. The summed E-state index contributed by atoms with van der Waals surface area (Å²) in [6.07, 6.45) is 0. The molecular weight excluding hydrogens is 453 g/mol. The summed E-state index contributed by atoms with van der Waals surface area (Å²) in [6.45, 7) is -2.25. The van der Waals surface area contributed by atoms with Crippen molar-refractivity contribution in [2.45, 2.75) is 0 Å². The summed E-state index contributed by atoms with van der Waals surface area (Å²) in [5.41, 5.74) is 0. The standard InChI is InChI=1S/C10H16N2O8.Ca.ClH.Fe.2Na.4H/c13-7(14)3-11(4-8(15)16)1-2-12(5-9(17)18)6-10(19)20;;;;;;;;;/h1-6H2,(H,13,14)(H,15,16)(H,17,18)(H,19,20);;1H;;;;;;;/q;+2;;;2*+1;4*-1. The summed E-state index contributed by atoms with van der Waals surface area (Å²) in [5.74, 6) is -4.91. The molecule has 4 N–H and O–H groups in total. The van der Waals surface area contributed by atoms with Crippen molar-refractivity contribution in [1.82, 2.24) is 9.80 Å². The second-order valence-electron chi connectivity index (χ2n) is 4.00. The number of hydrogen-bond acceptors (Lipinski definition) is 6. The fourth-order valence-corrected chi connectivity index (χ4v) is 1.48. The SMILES string of the molecule is Cl.O=C(O)CN(CCN(CC(=O)O)CC(=O)O)CC(=O)O.[Ca+2].[Fe].[H-].[H-].[H-].[H-].[Na+].[Na+]. The Bertz CT molecular complexity index is 360. The fraction of sp³-hybridized carbons (Fsp3) is 0.600. The summed E-state index contributed by atoms with van der Waals surface area (Å²) < 4.78 is 0. The number of carbonyl (C=O) groups is 4. The van der Waals surface area contributed by atoms with Gasteiger partial charge < -0.3 is 26.1 Å². The molecule has 0 radical (unpaired) electrons. The van der Waals surface area contributed by atoms with E-state index >= 15 is 0 Å². The van der Waals surface area contributed by atoms with Crippen LogP contribution in [-0.2, 0) is 36.2 Å². The zero-order valence-electron chi connectivity index (χ0n) is 18.0. The van der Waals surface area contributed by atoms with Gasteiger partial charge in [0.05, 0.1) is 26.2 Å². The second-order valence-corrected chi connectivity index (χ2v) is 4.00. The molecule has 0 heterocycles. The monoisotopic (exact) mass is 474 g/mol. The van der Waals surface area contributed by atoms with Gasteiger partial charge in [-0.3, -0.25) is 29.0 Å². The Labute approximate surface area is 241 Å². The molecule has 0 unspecified atom stereocenters. The van der Waals surface area contributed by atoms with Crippen molar-refractivity contribution in [2.24, 2.45) is 0 Å². The van der Waals surface area contributed by atoms with E-state index in [2.05, 4.69) is 0 Å². The number of rotatable bonds is 11. The summed E-state index contributed by atoms with van der Waals surface area (Å²) in [5, 5.41) is 34.5. The summed E-state index contributed by atoms with van der Waals surface area (Å²) in [7, 11) is 0. The molecule has 0 aliphatic carbocycles. The maximum atomic E-state index is 10.6. The molecule has 0 aromatic heterocycles. The first-order valence-electron chi connectivity index (χ1n) is 5.52. The summed E-state index contributed by atoms with van der Waals surface area (Å²) in [6, 6.07) is 0. The molecule has 0 aromatic rings. The van der Waals surface area contributed by atoms with E-state index in [1.54, 1.807) is 0 Å². The van der Waals surface area contributed by atoms with Crippen LogP contribution in [0.3, 0.4) is 0 Å². The van der Waals surface area contributed by atoms with Gasteiger partial charge in [0.25, 0.3) is 0 Å². The van der Waals surface area contributed by atoms with Crippen LogP contribution < -0.4 is 59.1 Å². The van der Waals surface area contributed by atoms with Gasteiger partial charge in [0.15, 0.2) is 0 Å². The van der Waals surface area contributed by atoms with E-state index in [0.717, 1.165) is 9.80 Å². The van der Waals surface area contributed by atoms with Crippen LogP contribution in [0, 0.1) is 0 Å². The fourth-order valence-electron chi connectivity index (χ4n) is 1.48. The Morgan fingerprint density at radius 1 is 0.640 bits per heavy atom. The molecule has 25 heavy (non-hydrogen) atoms. The van der Waals surface area contributed by atoms with Crippen LogP contribution >= 0.6 is 12.4 Å². The molecule has 0 saturated heterocycles. The third kappa shape index (κ3) is 28.2. The van der Waals surface area contributed by atoms with Crippen molar-refractivity contribution in [2.75, 3.05) is 39.3 Å². The molecule has 0 aromatic carbocycles. The molecule has 0 aliphatic rings. The molecule has 15 heteroatoms. The molecule has 0 spiro atoms. The third-order valence-electron chi connectivity index (χ3n) is 2.17. The zero-order valence-corrected chi connectivity index (χ0v) is 22.2. The number of halogens is 1. The van der Waals surface area contributed by atoms with Crippen molar-refractivity contribution in [1.29, 1.82) is 0 Å². The average Bonchev–Trinajstić information content (AvgIpc) is 2.22. The van der Waals surface area contributed by atoms with Crippen molar-refractivity contribution >= 4 is 74.0 Å². The van der Waals surface area contributed by atoms with E-state index in [-0.39, 0.29) is 145 Å². The van der Waals surface area contributed by atoms with Gasteiger partial charge in [-0.2, -0.15) is 0 Å². The Hall–Kier alpha value is 1.87. The van der Waals surface area contributed by atoms with Gasteiger partial charge >= 0.3 is 121 Å². The van der Waals surface area contributed by atoms with E-state index in [1.165, 1.54) is 0 Å². The van der Waals surface area contributed by atoms with Crippen molar-refractivity contribution in [3.8, 4) is 0 Å². The minimum atomic E-state index is -1.23. The van der Waals surface area contributed by atoms with Crippen molar-refractivity contribution < 1.29 is 121 Å². The van der Waals surface area contributed by atoms with Crippen molar-refractivity contribution in [3.63, 3.8) is 0 Å². The number of carboxylic acid groups (broad SMARTS) is 4. The molecular formula is C10H21CaClFeN2Na2O8. The van der Waals surface area contributed by atoms with Crippen LogP contribution in [0.2, 0.25) is 0 Å². The molecule has 0 amide bonds. The molecule has 0 aliphatic heterocycles. The Kier molecular flexibility index (Phi) is 39.5. The normalized spacial score (nSPS) is 8.56. The average molecular weight is 475 g/mol. The van der Waals surface area contributed by atoms with Gasteiger partial charge in [-0.15, -0.1) is 12.4 Å². The molecule has 138 valence electrons. The van der Waals surface area contributed by atoms with Crippen LogP contribution in [0.25, 0.3) is 0 Å². The second kappa shape index (κ2) is 23.9. The van der Waals surface area contributed by atoms with Crippen molar-refractivity contribution in [3.05, 3.63) is 0 Å². The summed E-state index contributed by atoms with van der Waals surface area (Å²) >= 11 is 0. The Morgan fingerprint density at radius 3 is 0.920 bits per heavy atom. The Balaban J connectivity index is -0.0000000501. The quantitative estimate of drug-likeness (QED) is 0.212. The number of carboxylic acids is 4. The zero-order chi connectivity index (χ0) is 15.7. The summed E-state index contributed by atoms with van der Waals surface area (Å²) in [4.78, 5) is 44.4. The first-order valence-corrected chi connectivity index (χ1v) is 5.52. The maximum absolute atomic E-state index is 10.6. The van der Waals surface area contributed by atoms with E-state index in [4.69, 9.17) is 20.4 Å². The van der Waals surface area contributed by atoms with Gasteiger partial charge in [0, 0.05) is 30.2 Å². The van der Waals surface area contributed by atoms with Crippen LogP contribution in [0.5, 0.6) is 0 Å². The van der Waals surface area contributed by atoms with E-state index in [9.17, 15) is 19.2 Å². The molecule has 10 nitrogen and oxygen atoms in total. The van der Waals surface area contributed by atoms with E-state index < -0.39 is 50.1 Å². The van der Waals surface area contributed by atoms with E-state index in [0.29, 0.717) is 0 Å². The van der Waals surface area contributed by atoms with Gasteiger partial charge in [-0.05, 0) is 0 Å². The maximum Gasteiger partial charge on any atom is 2.00 e. The van der Waals surface area contributed by atoms with Crippen LogP contribution in [0.15, 0.2) is 0 Å². The van der Waals surface area contributed by atoms with Crippen LogP contribution in [0.1, 0.15) is 5.71 Å². The first-order chi connectivity index (χ1) is 9.20. The largest absolute Gasteiger partial charge is 2.00 e. The molecule has 0 bridgehead atoms. The third-order valence-corrected chi connectivity index (χ3v) is 2.17. The van der Waals surface area contributed by atoms with Crippen LogP contribution in [0.4, 0.5) is 0 Å². The minimum absolute atomic E-state index is 0. The minimum Gasteiger partial charge on any atom is -1.00 e. The van der Waals surface area contributed by atoms with E-state index in [1.807, 2.05) is 0 Å². The van der Waals surface area contributed by atoms with Gasteiger partial charge in [-0.25, -0.2) is 0 Å². The Morgan fingerprint density at radius 2 is 0.800 bits per heavy atom. The van der Waals surface area contributed by atoms with Gasteiger partial charge in [-0.1, -0.05) is 0 Å². The topological polar surface area (TPSA) is 156 Å². The first kappa shape index (κ1) is 41.3. The molecule has 0 saturated carbocycles. The van der Waals surface area contributed by atoms with Crippen LogP contribution in [-0.4, -0.2) is 131 Å². The van der Waals surface area contributed by atoms with Gasteiger partial charge in [0.1, 0.15) is 0 Å². The molecule has 0 atom stereocenters. The predicted molar refractivity (Wildman–Crippen MR) is 80.9 cm³/mol. The number of aliphatic carboxylic acids is 4. The number of hydrogen-bond donors (Lipinski definition) is 4.